The van der Waals surface area contributed by atoms with Gasteiger partial charge in [-0.05, 0) is 24.9 Å². The first-order chi connectivity index (χ1) is 9.77. The summed E-state index contributed by atoms with van der Waals surface area (Å²) in [5, 5.41) is 2.50. The first-order valence-corrected chi connectivity index (χ1v) is 7.23. The predicted octanol–water partition coefficient (Wildman–Crippen LogP) is 2.11. The molecule has 0 aliphatic carbocycles. The Hall–Kier alpha value is -1.24. The molecular weight excluding hydrogens is 341 g/mol. The molecule has 1 rings (SSSR count). The fourth-order valence-electron chi connectivity index (χ4n) is 1.33. The van der Waals surface area contributed by atoms with Crippen LogP contribution in [0.15, 0.2) is 0 Å². The molecule has 0 spiro atoms. The maximum absolute atomic E-state index is 11.9. The molecule has 116 valence electrons. The van der Waals surface area contributed by atoms with E-state index in [0.29, 0.717) is 0 Å². The molecule has 0 fully saturated rings. The molecule has 1 amide bonds. The minimum atomic E-state index is -0.857. The van der Waals surface area contributed by atoms with E-state index in [1.807, 2.05) is 13.8 Å². The van der Waals surface area contributed by atoms with Crippen LogP contribution < -0.4 is 16.0 Å². The van der Waals surface area contributed by atoms with E-state index in [1.54, 1.807) is 0 Å². The summed E-state index contributed by atoms with van der Waals surface area (Å²) in [5.41, 5.74) is 5.40. The molecule has 21 heavy (non-hydrogen) atoms. The monoisotopic (exact) mass is 354 g/mol. The molecule has 1 aromatic rings. The van der Waals surface area contributed by atoms with Crippen LogP contribution in [0.4, 0.5) is 5.69 Å². The number of pyridine rings is 1. The number of aromatic nitrogens is 1. The van der Waals surface area contributed by atoms with Gasteiger partial charge in [0.15, 0.2) is 6.61 Å². The largest absolute Gasteiger partial charge is 0.448 e. The van der Waals surface area contributed by atoms with Crippen molar-refractivity contribution in [2.45, 2.75) is 26.3 Å². The van der Waals surface area contributed by atoms with Crippen LogP contribution >= 0.6 is 34.8 Å². The van der Waals surface area contributed by atoms with Gasteiger partial charge >= 0.3 is 11.7 Å². The number of halogens is 3. The number of carbonyl (C=O) groups excluding carboxylic acids is 2. The molecule has 9 heteroatoms. The maximum atomic E-state index is 11.9. The highest BCUT2D eigenvalue weighted by Crippen LogP contribution is 2.32. The second-order valence-electron chi connectivity index (χ2n) is 4.31. The van der Waals surface area contributed by atoms with Crippen LogP contribution in [-0.4, -0.2) is 24.5 Å². The number of anilines is 1. The molecule has 0 saturated heterocycles. The number of amides is 1. The van der Waals surface area contributed by atoms with Gasteiger partial charge in [0.2, 0.25) is 0 Å². The Morgan fingerprint density at radius 2 is 1.95 bits per heavy atom. The number of hydrogen-bond acceptors (Lipinski definition) is 4. The molecule has 0 bridgehead atoms. The molecule has 6 nitrogen and oxygen atoms in total. The van der Waals surface area contributed by atoms with E-state index >= 15 is 0 Å². The SMILES string of the molecule is CC[C@H](C)NC(=O)COC(=O)c1[nH+]c(Cl)c(Cl)c(N)c1Cl. The lowest BCUT2D eigenvalue weighted by Crippen LogP contribution is -2.36. The number of carbonyl (C=O) groups is 2. The number of ether oxygens (including phenoxy) is 1. The van der Waals surface area contributed by atoms with Crippen molar-refractivity contribution in [2.24, 2.45) is 0 Å². The fraction of sp³-hybridized carbons (Fsp3) is 0.417. The average Bonchev–Trinajstić information content (AvgIpc) is 2.46. The van der Waals surface area contributed by atoms with E-state index in [4.69, 9.17) is 45.3 Å². The average molecular weight is 356 g/mol. The zero-order valence-electron chi connectivity index (χ0n) is 11.4. The Kier molecular flexibility index (Phi) is 6.51. The van der Waals surface area contributed by atoms with E-state index in [1.165, 1.54) is 0 Å². The van der Waals surface area contributed by atoms with Crippen LogP contribution in [-0.2, 0) is 9.53 Å². The Labute approximate surface area is 136 Å². The van der Waals surface area contributed by atoms with Crippen LogP contribution in [0, 0.1) is 0 Å². The summed E-state index contributed by atoms with van der Waals surface area (Å²) in [6.07, 6.45) is 0.766. The number of nitrogen functional groups attached to an aromatic ring is 1. The summed E-state index contributed by atoms with van der Waals surface area (Å²) >= 11 is 17.4. The van der Waals surface area contributed by atoms with Crippen LogP contribution in [0.1, 0.15) is 30.8 Å². The first kappa shape index (κ1) is 17.8. The van der Waals surface area contributed by atoms with Crippen molar-refractivity contribution in [1.82, 2.24) is 5.32 Å². The fourth-order valence-corrected chi connectivity index (χ4v) is 1.94. The lowest BCUT2D eigenvalue weighted by Gasteiger charge is -2.11. The predicted molar refractivity (Wildman–Crippen MR) is 80.6 cm³/mol. The Bertz CT molecular complexity index is 566. The highest BCUT2D eigenvalue weighted by atomic mass is 35.5. The van der Waals surface area contributed by atoms with Gasteiger partial charge in [-0.3, -0.25) is 4.79 Å². The van der Waals surface area contributed by atoms with Crippen molar-refractivity contribution in [3.8, 4) is 0 Å². The van der Waals surface area contributed by atoms with Crippen molar-refractivity contribution in [1.29, 1.82) is 0 Å². The molecule has 0 unspecified atom stereocenters. The van der Waals surface area contributed by atoms with Gasteiger partial charge < -0.3 is 15.8 Å². The number of aromatic amines is 1. The molecule has 4 N–H and O–H groups in total. The highest BCUT2D eigenvalue weighted by Gasteiger charge is 2.27. The number of H-pyrrole nitrogens is 1. The third-order valence-corrected chi connectivity index (χ3v) is 3.84. The Morgan fingerprint density at radius 1 is 1.33 bits per heavy atom. The highest BCUT2D eigenvalue weighted by molar-refractivity contribution is 6.45. The molecular formula is C12H15Cl3N3O3+. The number of hydrogen-bond donors (Lipinski definition) is 2. The van der Waals surface area contributed by atoms with Gasteiger partial charge in [0.25, 0.3) is 11.1 Å². The lowest BCUT2D eigenvalue weighted by atomic mass is 10.2. The molecule has 1 atom stereocenters. The second kappa shape index (κ2) is 7.68. The third-order valence-electron chi connectivity index (χ3n) is 2.68. The zero-order chi connectivity index (χ0) is 16.2. The Morgan fingerprint density at radius 3 is 2.52 bits per heavy atom. The Balaban J connectivity index is 2.75. The van der Waals surface area contributed by atoms with E-state index < -0.39 is 18.5 Å². The number of nitrogens with one attached hydrogen (secondary N) is 2. The summed E-state index contributed by atoms with van der Waals surface area (Å²) in [6, 6.07) is -0.00743. The van der Waals surface area contributed by atoms with E-state index in [2.05, 4.69) is 10.3 Å². The minimum absolute atomic E-state index is 0.00716. The molecule has 0 saturated carbocycles. The zero-order valence-corrected chi connectivity index (χ0v) is 13.7. The number of rotatable bonds is 5. The molecule has 1 heterocycles. The molecule has 1 aromatic heterocycles. The van der Waals surface area contributed by atoms with Crippen LogP contribution in [0.5, 0.6) is 0 Å². The van der Waals surface area contributed by atoms with Gasteiger partial charge in [0, 0.05) is 6.04 Å². The maximum Gasteiger partial charge on any atom is 0.405 e. The van der Waals surface area contributed by atoms with Crippen molar-refractivity contribution < 1.29 is 19.3 Å². The normalized spacial score (nSPS) is 11.9. The van der Waals surface area contributed by atoms with Crippen molar-refractivity contribution in [3.63, 3.8) is 0 Å². The van der Waals surface area contributed by atoms with Crippen LogP contribution in [0.25, 0.3) is 0 Å². The van der Waals surface area contributed by atoms with Crippen LogP contribution in [0.2, 0.25) is 15.2 Å². The van der Waals surface area contributed by atoms with Crippen molar-refractivity contribution in [2.75, 3.05) is 12.3 Å². The van der Waals surface area contributed by atoms with Gasteiger partial charge in [0.05, 0.1) is 5.69 Å². The lowest BCUT2D eigenvalue weighted by molar-refractivity contribution is -0.380. The first-order valence-electron chi connectivity index (χ1n) is 6.09. The summed E-state index contributed by atoms with van der Waals surface area (Å²) in [5.74, 6) is -1.27. The van der Waals surface area contributed by atoms with Gasteiger partial charge in [-0.1, -0.05) is 30.1 Å². The van der Waals surface area contributed by atoms with Crippen molar-refractivity contribution >= 4 is 52.4 Å². The molecule has 0 aliphatic heterocycles. The van der Waals surface area contributed by atoms with Gasteiger partial charge in [-0.15, -0.1) is 0 Å². The van der Waals surface area contributed by atoms with Crippen molar-refractivity contribution in [3.05, 3.63) is 20.9 Å². The van der Waals surface area contributed by atoms with Crippen LogP contribution in [0.3, 0.4) is 0 Å². The number of esters is 1. The van der Waals surface area contributed by atoms with E-state index in [-0.39, 0.29) is 32.6 Å². The summed E-state index contributed by atoms with van der Waals surface area (Å²) < 4.78 is 4.84. The quantitative estimate of drug-likeness (QED) is 0.624. The standard InChI is InChI=1S/C12H14Cl3N3O3/c1-3-5(2)17-6(19)4-21-12(20)10-7(13)9(16)8(14)11(15)18-10/h5H,3-4H2,1-2H3,(H2,16,18)(H,17,19)/p+1/t5-/m0/s1. The molecule has 0 radical (unpaired) electrons. The summed E-state index contributed by atoms with van der Waals surface area (Å²) in [7, 11) is 0. The minimum Gasteiger partial charge on any atom is -0.448 e. The van der Waals surface area contributed by atoms with Gasteiger partial charge in [0.1, 0.15) is 10.0 Å². The number of nitrogens with two attached hydrogens (primary N) is 1. The van der Waals surface area contributed by atoms with Gasteiger partial charge in [-0.25, -0.2) is 4.79 Å². The summed E-state index contributed by atoms with van der Waals surface area (Å²) in [6.45, 7) is 3.32. The molecule has 0 aliphatic rings. The second-order valence-corrected chi connectivity index (χ2v) is 5.44. The summed E-state index contributed by atoms with van der Waals surface area (Å²) in [4.78, 5) is 25.9. The smallest absolute Gasteiger partial charge is 0.405 e. The topological polar surface area (TPSA) is 95.6 Å². The van der Waals surface area contributed by atoms with E-state index in [0.717, 1.165) is 6.42 Å². The third kappa shape index (κ3) is 4.62. The molecule has 0 aromatic carbocycles. The van der Waals surface area contributed by atoms with Gasteiger partial charge in [-0.2, -0.15) is 4.98 Å². The van der Waals surface area contributed by atoms with E-state index in [9.17, 15) is 9.59 Å².